The van der Waals surface area contributed by atoms with Gasteiger partial charge in [-0.15, -0.1) is 0 Å². The average Bonchev–Trinajstić information content (AvgIpc) is 1.80. The Hall–Kier alpha value is -0.330. The number of unbranched alkanes of at least 4 members (excludes halogenated alkanes) is 2. The Morgan fingerprint density at radius 2 is 2.00 bits per heavy atom. The molecule has 0 aliphatic heterocycles. The number of rotatable bonds is 5. The van der Waals surface area contributed by atoms with Gasteiger partial charge >= 0.3 is 0 Å². The first-order chi connectivity index (χ1) is 4.27. The molecule has 9 heavy (non-hydrogen) atoms. The van der Waals surface area contributed by atoms with E-state index >= 15 is 0 Å². The molecule has 0 spiro atoms. The Bertz CT molecular complexity index is 67.0. The van der Waals surface area contributed by atoms with E-state index in [1.807, 2.05) is 6.29 Å². The summed E-state index contributed by atoms with van der Waals surface area (Å²) < 4.78 is 0. The zero-order valence-electron chi connectivity index (χ0n) is 6.31. The van der Waals surface area contributed by atoms with Crippen LogP contribution in [0.1, 0.15) is 39.5 Å². The summed E-state index contributed by atoms with van der Waals surface area (Å²) in [6.45, 7) is 4.40. The Balaban J connectivity index is 2.82. The van der Waals surface area contributed by atoms with E-state index in [2.05, 4.69) is 13.8 Å². The highest BCUT2D eigenvalue weighted by atomic mass is 16.1. The first-order valence-electron chi connectivity index (χ1n) is 3.62. The third kappa shape index (κ3) is 7.67. The van der Waals surface area contributed by atoms with Gasteiger partial charge in [-0.1, -0.05) is 26.7 Å². The van der Waals surface area contributed by atoms with Gasteiger partial charge in [0, 0.05) is 6.42 Å². The van der Waals surface area contributed by atoms with Crippen LogP contribution in [0, 0.1) is 5.92 Å². The van der Waals surface area contributed by atoms with Crippen molar-refractivity contribution in [2.24, 2.45) is 5.92 Å². The summed E-state index contributed by atoms with van der Waals surface area (Å²) in [5.41, 5.74) is 0. The molecule has 0 aromatic rings. The number of carbonyl (C=O) groups excluding carboxylic acids is 1. The van der Waals surface area contributed by atoms with Gasteiger partial charge in [-0.25, -0.2) is 0 Å². The highest BCUT2D eigenvalue weighted by Crippen LogP contribution is 2.06. The van der Waals surface area contributed by atoms with Crippen LogP contribution >= 0.6 is 0 Å². The van der Waals surface area contributed by atoms with Gasteiger partial charge in [-0.3, -0.25) is 4.79 Å². The van der Waals surface area contributed by atoms with Gasteiger partial charge in [0.1, 0.15) is 0 Å². The lowest BCUT2D eigenvalue weighted by atomic mass is 10.1. The Labute approximate surface area is 57.5 Å². The molecule has 0 unspecified atom stereocenters. The van der Waals surface area contributed by atoms with Crippen molar-refractivity contribution >= 4 is 6.29 Å². The van der Waals surface area contributed by atoms with Crippen molar-refractivity contribution < 1.29 is 4.79 Å². The molecule has 0 atom stereocenters. The van der Waals surface area contributed by atoms with Crippen LogP contribution in [-0.4, -0.2) is 6.29 Å². The summed E-state index contributed by atoms with van der Waals surface area (Å²) in [6, 6.07) is 0. The minimum atomic E-state index is 0.618. The summed E-state index contributed by atoms with van der Waals surface area (Å²) in [4.78, 5) is 9.72. The van der Waals surface area contributed by atoms with Crippen LogP contribution in [-0.2, 0) is 4.79 Å². The van der Waals surface area contributed by atoms with E-state index < -0.39 is 0 Å². The number of hydrogen-bond donors (Lipinski definition) is 0. The van der Waals surface area contributed by atoms with Crippen LogP contribution in [0.3, 0.4) is 0 Å². The average molecular weight is 127 g/mol. The first kappa shape index (κ1) is 8.67. The third-order valence-electron chi connectivity index (χ3n) is 1.31. The largest absolute Gasteiger partial charge is 0.291 e. The van der Waals surface area contributed by atoms with E-state index in [9.17, 15) is 4.79 Å². The van der Waals surface area contributed by atoms with E-state index in [0.29, 0.717) is 6.42 Å². The third-order valence-corrected chi connectivity index (χ3v) is 1.31. The second kappa shape index (κ2) is 5.80. The van der Waals surface area contributed by atoms with E-state index in [1.54, 1.807) is 0 Å². The van der Waals surface area contributed by atoms with Crippen molar-refractivity contribution in [3.63, 3.8) is 0 Å². The van der Waals surface area contributed by atoms with Crippen LogP contribution in [0.15, 0.2) is 0 Å². The molecule has 0 saturated heterocycles. The minimum absolute atomic E-state index is 0.618. The molecule has 0 heterocycles. The fourth-order valence-corrected chi connectivity index (χ4v) is 0.750. The van der Waals surface area contributed by atoms with Crippen molar-refractivity contribution in [2.75, 3.05) is 0 Å². The standard InChI is InChI=1S/C8H15O/c1-8(2)6-4-3-5-7-9/h8H,3-6H2,1-2H3. The van der Waals surface area contributed by atoms with Gasteiger partial charge in [0.05, 0.1) is 0 Å². The Morgan fingerprint density at radius 1 is 1.33 bits per heavy atom. The molecule has 1 nitrogen and oxygen atoms in total. The van der Waals surface area contributed by atoms with Crippen LogP contribution in [0.25, 0.3) is 0 Å². The van der Waals surface area contributed by atoms with Crippen molar-refractivity contribution in [2.45, 2.75) is 39.5 Å². The molecule has 0 saturated carbocycles. The van der Waals surface area contributed by atoms with Crippen LogP contribution in [0.4, 0.5) is 0 Å². The summed E-state index contributed by atoms with van der Waals surface area (Å²) in [5, 5.41) is 0. The maximum absolute atomic E-state index is 9.72. The van der Waals surface area contributed by atoms with E-state index in [4.69, 9.17) is 0 Å². The number of hydrogen-bond acceptors (Lipinski definition) is 1. The molecule has 0 fully saturated rings. The lowest BCUT2D eigenvalue weighted by molar-refractivity contribution is 0.523. The predicted octanol–water partition coefficient (Wildman–Crippen LogP) is 2.31. The molecule has 0 aromatic carbocycles. The molecular weight excluding hydrogens is 112 g/mol. The molecule has 53 valence electrons. The maximum atomic E-state index is 9.72. The molecule has 0 aliphatic rings. The monoisotopic (exact) mass is 127 g/mol. The highest BCUT2D eigenvalue weighted by Gasteiger charge is 1.92. The first-order valence-corrected chi connectivity index (χ1v) is 3.62. The Morgan fingerprint density at radius 3 is 2.44 bits per heavy atom. The molecule has 0 bridgehead atoms. The fraction of sp³-hybridized carbons (Fsp3) is 0.875. The van der Waals surface area contributed by atoms with Gasteiger partial charge in [-0.05, 0) is 12.3 Å². The predicted molar refractivity (Wildman–Crippen MR) is 39.0 cm³/mol. The zero-order chi connectivity index (χ0) is 7.11. The molecule has 0 rings (SSSR count). The summed E-state index contributed by atoms with van der Waals surface area (Å²) >= 11 is 0. The van der Waals surface area contributed by atoms with Gasteiger partial charge in [0.2, 0.25) is 0 Å². The molecular formula is C8H15O. The Kier molecular flexibility index (Phi) is 5.59. The fourth-order valence-electron chi connectivity index (χ4n) is 0.750. The second-order valence-electron chi connectivity index (χ2n) is 2.78. The van der Waals surface area contributed by atoms with E-state index in [0.717, 1.165) is 12.3 Å². The van der Waals surface area contributed by atoms with Crippen molar-refractivity contribution in [3.8, 4) is 0 Å². The van der Waals surface area contributed by atoms with Crippen molar-refractivity contribution in [1.82, 2.24) is 0 Å². The lowest BCUT2D eigenvalue weighted by Gasteiger charge is -2.00. The normalized spacial score (nSPS) is 10.1. The molecule has 1 heteroatoms. The van der Waals surface area contributed by atoms with Crippen LogP contribution < -0.4 is 0 Å². The highest BCUT2D eigenvalue weighted by molar-refractivity contribution is 5.50. The molecule has 0 N–H and O–H groups in total. The second-order valence-corrected chi connectivity index (χ2v) is 2.78. The molecule has 1 radical (unpaired) electrons. The summed E-state index contributed by atoms with van der Waals surface area (Å²) in [5.74, 6) is 0.775. The SMILES string of the molecule is CC(C)CCCC[C]=O. The van der Waals surface area contributed by atoms with E-state index in [-0.39, 0.29) is 0 Å². The van der Waals surface area contributed by atoms with Crippen LogP contribution in [0.5, 0.6) is 0 Å². The van der Waals surface area contributed by atoms with Crippen molar-refractivity contribution in [3.05, 3.63) is 0 Å². The summed E-state index contributed by atoms with van der Waals surface area (Å²) in [6.07, 6.45) is 5.94. The van der Waals surface area contributed by atoms with Gasteiger partial charge in [0.15, 0.2) is 6.29 Å². The minimum Gasteiger partial charge on any atom is -0.291 e. The van der Waals surface area contributed by atoms with E-state index in [1.165, 1.54) is 12.8 Å². The summed E-state index contributed by atoms with van der Waals surface area (Å²) in [7, 11) is 0. The maximum Gasteiger partial charge on any atom is 0.198 e. The topological polar surface area (TPSA) is 17.1 Å². The molecule has 0 aromatic heterocycles. The van der Waals surface area contributed by atoms with Gasteiger partial charge < -0.3 is 0 Å². The lowest BCUT2D eigenvalue weighted by Crippen LogP contribution is -1.86. The van der Waals surface area contributed by atoms with Crippen LogP contribution in [0.2, 0.25) is 0 Å². The quantitative estimate of drug-likeness (QED) is 0.518. The van der Waals surface area contributed by atoms with Gasteiger partial charge in [0.25, 0.3) is 0 Å². The molecule has 0 aliphatic carbocycles. The molecule has 0 amide bonds. The zero-order valence-corrected chi connectivity index (χ0v) is 6.31. The van der Waals surface area contributed by atoms with Gasteiger partial charge in [-0.2, -0.15) is 0 Å². The smallest absolute Gasteiger partial charge is 0.198 e. The van der Waals surface area contributed by atoms with Crippen molar-refractivity contribution in [1.29, 1.82) is 0 Å².